The Kier molecular flexibility index (Phi) is 6.46. The molecular formula is C17H21NOS2. The van der Waals surface area contributed by atoms with E-state index in [1.807, 2.05) is 35.7 Å². The number of carbonyl (C=O) groups excluding carboxylic acids is 1. The van der Waals surface area contributed by atoms with Crippen LogP contribution < -0.4 is 0 Å². The smallest absolute Gasteiger partial charge is 0.254 e. The van der Waals surface area contributed by atoms with Crippen LogP contribution in [0, 0.1) is 0 Å². The summed E-state index contributed by atoms with van der Waals surface area (Å²) < 4.78 is 0.514. The van der Waals surface area contributed by atoms with Crippen LogP contribution in [0.15, 0.2) is 49.6 Å². The third-order valence-electron chi connectivity index (χ3n) is 3.24. The molecule has 1 saturated heterocycles. The highest BCUT2D eigenvalue weighted by atomic mass is 32.2. The fourth-order valence-electron chi connectivity index (χ4n) is 2.20. The third-order valence-corrected chi connectivity index (χ3v) is 6.26. The van der Waals surface area contributed by atoms with Crippen LogP contribution >= 0.6 is 23.5 Å². The molecule has 0 radical (unpaired) electrons. The molecule has 112 valence electrons. The minimum atomic E-state index is 0.0327. The highest BCUT2D eigenvalue weighted by Crippen LogP contribution is 2.43. The lowest BCUT2D eigenvalue weighted by atomic mass is 10.1. The van der Waals surface area contributed by atoms with Gasteiger partial charge in [0, 0.05) is 18.7 Å². The van der Waals surface area contributed by atoms with Gasteiger partial charge >= 0.3 is 0 Å². The van der Waals surface area contributed by atoms with Gasteiger partial charge in [0.2, 0.25) is 0 Å². The first-order valence-electron chi connectivity index (χ1n) is 7.10. The number of benzene rings is 1. The van der Waals surface area contributed by atoms with E-state index in [4.69, 9.17) is 0 Å². The van der Waals surface area contributed by atoms with Crippen LogP contribution in [-0.2, 0) is 0 Å². The van der Waals surface area contributed by atoms with Gasteiger partial charge in [0.25, 0.3) is 5.91 Å². The van der Waals surface area contributed by atoms with E-state index in [1.54, 1.807) is 17.1 Å². The van der Waals surface area contributed by atoms with Crippen molar-refractivity contribution in [3.8, 4) is 0 Å². The average molecular weight is 319 g/mol. The van der Waals surface area contributed by atoms with E-state index in [2.05, 4.69) is 25.3 Å². The van der Waals surface area contributed by atoms with Crippen LogP contribution in [0.25, 0.3) is 0 Å². The standard InChI is InChI=1S/C17H21NOS2/c1-3-10-18(11-4-2)16(19)14-6-8-15(9-7-14)17-20-12-5-13-21-17/h3-4,6-9,17H,1-2,5,10-13H2. The molecule has 0 aliphatic carbocycles. The molecule has 1 aliphatic rings. The minimum absolute atomic E-state index is 0.0327. The van der Waals surface area contributed by atoms with Gasteiger partial charge in [-0.2, -0.15) is 0 Å². The molecule has 1 amide bonds. The summed E-state index contributed by atoms with van der Waals surface area (Å²) in [6.07, 6.45) is 4.77. The first kappa shape index (κ1) is 16.2. The van der Waals surface area contributed by atoms with E-state index in [0.717, 1.165) is 5.56 Å². The van der Waals surface area contributed by atoms with Crippen molar-refractivity contribution in [1.82, 2.24) is 4.90 Å². The van der Waals surface area contributed by atoms with Crippen LogP contribution in [0.2, 0.25) is 0 Å². The van der Waals surface area contributed by atoms with Crippen LogP contribution in [0.1, 0.15) is 26.9 Å². The number of amides is 1. The monoisotopic (exact) mass is 319 g/mol. The lowest BCUT2D eigenvalue weighted by molar-refractivity contribution is 0.0791. The van der Waals surface area contributed by atoms with E-state index < -0.39 is 0 Å². The minimum Gasteiger partial charge on any atom is -0.331 e. The molecular weight excluding hydrogens is 298 g/mol. The largest absolute Gasteiger partial charge is 0.331 e. The van der Waals surface area contributed by atoms with Crippen molar-refractivity contribution in [2.24, 2.45) is 0 Å². The lowest BCUT2D eigenvalue weighted by Gasteiger charge is -2.22. The van der Waals surface area contributed by atoms with Crippen molar-refractivity contribution in [3.63, 3.8) is 0 Å². The first-order valence-corrected chi connectivity index (χ1v) is 9.20. The van der Waals surface area contributed by atoms with E-state index in [9.17, 15) is 4.79 Å². The molecule has 2 rings (SSSR count). The van der Waals surface area contributed by atoms with Gasteiger partial charge in [-0.3, -0.25) is 4.79 Å². The molecule has 21 heavy (non-hydrogen) atoms. The quantitative estimate of drug-likeness (QED) is 0.726. The van der Waals surface area contributed by atoms with Crippen molar-refractivity contribution in [2.45, 2.75) is 11.0 Å². The molecule has 0 unspecified atom stereocenters. The van der Waals surface area contributed by atoms with Crippen molar-refractivity contribution in [2.75, 3.05) is 24.6 Å². The molecule has 1 aromatic carbocycles. The topological polar surface area (TPSA) is 20.3 Å². The maximum Gasteiger partial charge on any atom is 0.254 e. The summed E-state index contributed by atoms with van der Waals surface area (Å²) in [5.41, 5.74) is 2.04. The van der Waals surface area contributed by atoms with Crippen LogP contribution in [-0.4, -0.2) is 35.4 Å². The molecule has 0 atom stereocenters. The highest BCUT2D eigenvalue weighted by Gasteiger charge is 2.18. The molecule has 1 fully saturated rings. The lowest BCUT2D eigenvalue weighted by Crippen LogP contribution is -2.31. The Labute approximate surface area is 135 Å². The fraction of sp³-hybridized carbons (Fsp3) is 0.353. The zero-order chi connectivity index (χ0) is 15.1. The predicted octanol–water partition coefficient (Wildman–Crippen LogP) is 4.37. The summed E-state index contributed by atoms with van der Waals surface area (Å²) in [7, 11) is 0. The third kappa shape index (κ3) is 4.42. The van der Waals surface area contributed by atoms with Crippen molar-refractivity contribution in [3.05, 3.63) is 60.7 Å². The molecule has 0 N–H and O–H groups in total. The maximum atomic E-state index is 12.4. The summed E-state index contributed by atoms with van der Waals surface area (Å²) in [5, 5.41) is 0. The van der Waals surface area contributed by atoms with Gasteiger partial charge in [0.05, 0.1) is 4.58 Å². The molecule has 0 aromatic heterocycles. The maximum absolute atomic E-state index is 12.4. The van der Waals surface area contributed by atoms with E-state index in [0.29, 0.717) is 17.7 Å². The Morgan fingerprint density at radius 1 is 1.14 bits per heavy atom. The summed E-state index contributed by atoms with van der Waals surface area (Å²) in [6.45, 7) is 8.49. The Hall–Kier alpha value is -1.13. The van der Waals surface area contributed by atoms with E-state index in [-0.39, 0.29) is 5.91 Å². The zero-order valence-corrected chi connectivity index (χ0v) is 13.8. The Balaban J connectivity index is 2.07. The van der Waals surface area contributed by atoms with Crippen LogP contribution in [0.4, 0.5) is 0 Å². The number of nitrogens with zero attached hydrogens (tertiary/aromatic N) is 1. The Morgan fingerprint density at radius 2 is 1.71 bits per heavy atom. The van der Waals surface area contributed by atoms with Crippen molar-refractivity contribution >= 4 is 29.4 Å². The molecule has 1 aliphatic heterocycles. The van der Waals surface area contributed by atoms with Gasteiger partial charge in [-0.15, -0.1) is 36.7 Å². The normalized spacial score (nSPS) is 15.4. The first-order chi connectivity index (χ1) is 10.3. The number of rotatable bonds is 6. The van der Waals surface area contributed by atoms with Crippen LogP contribution in [0.5, 0.6) is 0 Å². The van der Waals surface area contributed by atoms with Crippen LogP contribution in [0.3, 0.4) is 0 Å². The number of carbonyl (C=O) groups is 1. The van der Waals surface area contributed by atoms with Crippen molar-refractivity contribution in [1.29, 1.82) is 0 Å². The second kappa shape index (κ2) is 8.35. The summed E-state index contributed by atoms with van der Waals surface area (Å²) in [5.74, 6) is 2.49. The molecule has 4 heteroatoms. The second-order valence-electron chi connectivity index (χ2n) is 4.84. The number of hydrogen-bond acceptors (Lipinski definition) is 3. The predicted molar refractivity (Wildman–Crippen MR) is 95.0 cm³/mol. The number of hydrogen-bond donors (Lipinski definition) is 0. The summed E-state index contributed by atoms with van der Waals surface area (Å²) in [6, 6.07) is 8.05. The average Bonchev–Trinajstić information content (AvgIpc) is 2.55. The van der Waals surface area contributed by atoms with Gasteiger partial charge in [0.1, 0.15) is 0 Å². The molecule has 0 saturated carbocycles. The Bertz CT molecular complexity index is 482. The summed E-state index contributed by atoms with van der Waals surface area (Å²) >= 11 is 3.99. The fourth-order valence-corrected chi connectivity index (χ4v) is 5.09. The van der Waals surface area contributed by atoms with Gasteiger partial charge in [-0.05, 0) is 35.6 Å². The second-order valence-corrected chi connectivity index (χ2v) is 7.56. The van der Waals surface area contributed by atoms with E-state index in [1.165, 1.54) is 23.5 Å². The SMILES string of the molecule is C=CCN(CC=C)C(=O)c1ccc(C2SCCCS2)cc1. The van der Waals surface area contributed by atoms with Gasteiger partial charge < -0.3 is 4.90 Å². The molecule has 1 aromatic rings. The summed E-state index contributed by atoms with van der Waals surface area (Å²) in [4.78, 5) is 14.2. The van der Waals surface area contributed by atoms with Gasteiger partial charge in [0.15, 0.2) is 0 Å². The Morgan fingerprint density at radius 3 is 2.24 bits per heavy atom. The molecule has 0 bridgehead atoms. The molecule has 1 heterocycles. The van der Waals surface area contributed by atoms with Gasteiger partial charge in [-0.1, -0.05) is 24.3 Å². The molecule has 2 nitrogen and oxygen atoms in total. The highest BCUT2D eigenvalue weighted by molar-refractivity contribution is 8.16. The zero-order valence-electron chi connectivity index (χ0n) is 12.2. The van der Waals surface area contributed by atoms with Crippen molar-refractivity contribution < 1.29 is 4.79 Å². The number of thioether (sulfide) groups is 2. The molecule has 0 spiro atoms. The van der Waals surface area contributed by atoms with Gasteiger partial charge in [-0.25, -0.2) is 0 Å². The van der Waals surface area contributed by atoms with E-state index >= 15 is 0 Å².